The molecular formula is C20H25NO3. The van der Waals surface area contributed by atoms with Crippen molar-refractivity contribution < 1.29 is 14.3 Å². The fourth-order valence-corrected chi connectivity index (χ4v) is 2.27. The van der Waals surface area contributed by atoms with Crippen LogP contribution in [0.5, 0.6) is 11.5 Å². The fourth-order valence-electron chi connectivity index (χ4n) is 2.27. The van der Waals surface area contributed by atoms with Gasteiger partial charge in [-0.15, -0.1) is 0 Å². The molecule has 0 aliphatic heterocycles. The van der Waals surface area contributed by atoms with Crippen molar-refractivity contribution in [2.45, 2.75) is 34.1 Å². The lowest BCUT2D eigenvalue weighted by Gasteiger charge is -2.13. The second kappa shape index (κ2) is 8.39. The average molecular weight is 327 g/mol. The highest BCUT2D eigenvalue weighted by molar-refractivity contribution is 6.04. The van der Waals surface area contributed by atoms with Gasteiger partial charge in [0.05, 0.1) is 13.2 Å². The zero-order chi connectivity index (χ0) is 17.5. The van der Waals surface area contributed by atoms with E-state index in [0.717, 1.165) is 17.7 Å². The minimum Gasteiger partial charge on any atom is -0.490 e. The lowest BCUT2D eigenvalue weighted by atomic mass is 10.1. The van der Waals surface area contributed by atoms with Gasteiger partial charge in [-0.05, 0) is 68.7 Å². The lowest BCUT2D eigenvalue weighted by Crippen LogP contribution is -2.12. The van der Waals surface area contributed by atoms with E-state index in [0.29, 0.717) is 30.3 Å². The number of aryl methyl sites for hydroxylation is 2. The summed E-state index contributed by atoms with van der Waals surface area (Å²) in [5.41, 5.74) is 3.67. The van der Waals surface area contributed by atoms with Crippen LogP contribution >= 0.6 is 0 Å². The average Bonchev–Trinajstić information content (AvgIpc) is 2.57. The molecule has 0 saturated heterocycles. The van der Waals surface area contributed by atoms with E-state index in [1.54, 1.807) is 18.2 Å². The van der Waals surface area contributed by atoms with Gasteiger partial charge in [-0.25, -0.2) is 0 Å². The number of carbonyl (C=O) groups excluding carboxylic acids is 1. The van der Waals surface area contributed by atoms with Gasteiger partial charge in [0.2, 0.25) is 0 Å². The zero-order valence-corrected chi connectivity index (χ0v) is 14.8. The summed E-state index contributed by atoms with van der Waals surface area (Å²) in [5.74, 6) is 1.10. The quantitative estimate of drug-likeness (QED) is 0.799. The Bertz CT molecular complexity index is 710. The summed E-state index contributed by atoms with van der Waals surface area (Å²) in [5, 5.41) is 2.92. The fraction of sp³-hybridized carbons (Fsp3) is 0.350. The first kappa shape index (κ1) is 17.9. The van der Waals surface area contributed by atoms with Crippen LogP contribution < -0.4 is 14.8 Å². The van der Waals surface area contributed by atoms with E-state index >= 15 is 0 Å². The highest BCUT2D eigenvalue weighted by Crippen LogP contribution is 2.29. The minimum absolute atomic E-state index is 0.166. The molecule has 0 bridgehead atoms. The van der Waals surface area contributed by atoms with Crippen LogP contribution in [0.25, 0.3) is 0 Å². The molecule has 128 valence electrons. The zero-order valence-electron chi connectivity index (χ0n) is 14.8. The van der Waals surface area contributed by atoms with Crippen LogP contribution in [0, 0.1) is 13.8 Å². The molecule has 0 spiro atoms. The molecule has 0 aromatic heterocycles. The number of benzene rings is 2. The van der Waals surface area contributed by atoms with Crippen LogP contribution in [0.15, 0.2) is 36.4 Å². The second-order valence-electron chi connectivity index (χ2n) is 5.70. The third kappa shape index (κ3) is 4.51. The van der Waals surface area contributed by atoms with Crippen LogP contribution in [0.2, 0.25) is 0 Å². The highest BCUT2D eigenvalue weighted by atomic mass is 16.5. The first-order valence-electron chi connectivity index (χ1n) is 8.33. The maximum absolute atomic E-state index is 12.5. The molecule has 0 atom stereocenters. The number of hydrogen-bond donors (Lipinski definition) is 1. The van der Waals surface area contributed by atoms with E-state index in [1.807, 2.05) is 45.9 Å². The van der Waals surface area contributed by atoms with Crippen LogP contribution in [-0.4, -0.2) is 19.1 Å². The molecule has 0 fully saturated rings. The van der Waals surface area contributed by atoms with Gasteiger partial charge in [0.15, 0.2) is 11.5 Å². The number of anilines is 1. The molecule has 0 radical (unpaired) electrons. The van der Waals surface area contributed by atoms with Gasteiger partial charge in [0.1, 0.15) is 0 Å². The van der Waals surface area contributed by atoms with Crippen molar-refractivity contribution in [3.63, 3.8) is 0 Å². The predicted molar refractivity (Wildman–Crippen MR) is 97.3 cm³/mol. The van der Waals surface area contributed by atoms with Crippen molar-refractivity contribution in [2.24, 2.45) is 0 Å². The second-order valence-corrected chi connectivity index (χ2v) is 5.70. The van der Waals surface area contributed by atoms with Gasteiger partial charge in [-0.1, -0.05) is 13.0 Å². The van der Waals surface area contributed by atoms with Crippen molar-refractivity contribution >= 4 is 11.6 Å². The summed E-state index contributed by atoms with van der Waals surface area (Å²) < 4.78 is 11.3. The molecule has 1 N–H and O–H groups in total. The molecular weight excluding hydrogens is 302 g/mol. The normalized spacial score (nSPS) is 10.3. The summed E-state index contributed by atoms with van der Waals surface area (Å²) in [4.78, 5) is 12.5. The van der Waals surface area contributed by atoms with Gasteiger partial charge in [0.25, 0.3) is 5.91 Å². The monoisotopic (exact) mass is 327 g/mol. The molecule has 4 heteroatoms. The number of rotatable bonds is 7. The maximum Gasteiger partial charge on any atom is 0.255 e. The van der Waals surface area contributed by atoms with E-state index in [4.69, 9.17) is 9.47 Å². The van der Waals surface area contributed by atoms with Gasteiger partial charge in [-0.3, -0.25) is 4.79 Å². The molecule has 0 saturated carbocycles. The van der Waals surface area contributed by atoms with Gasteiger partial charge in [0, 0.05) is 11.3 Å². The number of nitrogens with one attached hydrogen (secondary N) is 1. The summed E-state index contributed by atoms with van der Waals surface area (Å²) >= 11 is 0. The molecule has 2 rings (SSSR count). The van der Waals surface area contributed by atoms with Gasteiger partial charge >= 0.3 is 0 Å². The Kier molecular flexibility index (Phi) is 6.24. The Morgan fingerprint density at radius 3 is 2.42 bits per heavy atom. The summed E-state index contributed by atoms with van der Waals surface area (Å²) in [6.07, 6.45) is 0.917. The molecule has 0 aliphatic rings. The first-order chi connectivity index (χ1) is 11.5. The van der Waals surface area contributed by atoms with E-state index < -0.39 is 0 Å². The predicted octanol–water partition coefficient (Wildman–Crippen LogP) is 4.74. The smallest absolute Gasteiger partial charge is 0.255 e. The SMILES string of the molecule is CCCOc1ccc(C(=O)Nc2ccc(C)c(C)c2)cc1OCC. The molecule has 2 aromatic carbocycles. The van der Waals surface area contributed by atoms with Crippen LogP contribution in [0.3, 0.4) is 0 Å². The van der Waals surface area contributed by atoms with E-state index in [9.17, 15) is 4.79 Å². The summed E-state index contributed by atoms with van der Waals surface area (Å²) in [6, 6.07) is 11.1. The molecule has 2 aromatic rings. The summed E-state index contributed by atoms with van der Waals surface area (Å²) in [7, 11) is 0. The van der Waals surface area contributed by atoms with Crippen LogP contribution in [0.1, 0.15) is 41.8 Å². The Labute approximate surface area is 143 Å². The number of ether oxygens (including phenoxy) is 2. The number of carbonyl (C=O) groups is 1. The number of amides is 1. The molecule has 24 heavy (non-hydrogen) atoms. The van der Waals surface area contributed by atoms with Crippen molar-refractivity contribution in [3.05, 3.63) is 53.1 Å². The van der Waals surface area contributed by atoms with E-state index in [2.05, 4.69) is 5.32 Å². The molecule has 1 amide bonds. The maximum atomic E-state index is 12.5. The minimum atomic E-state index is -0.166. The van der Waals surface area contributed by atoms with Crippen LogP contribution in [0.4, 0.5) is 5.69 Å². The van der Waals surface area contributed by atoms with E-state index in [1.165, 1.54) is 5.56 Å². The Morgan fingerprint density at radius 1 is 0.958 bits per heavy atom. The Hall–Kier alpha value is -2.49. The van der Waals surface area contributed by atoms with Crippen LogP contribution in [-0.2, 0) is 0 Å². The number of hydrogen-bond acceptors (Lipinski definition) is 3. The Balaban J connectivity index is 2.18. The van der Waals surface area contributed by atoms with E-state index in [-0.39, 0.29) is 5.91 Å². The topological polar surface area (TPSA) is 47.6 Å². The summed E-state index contributed by atoms with van der Waals surface area (Å²) in [6.45, 7) is 9.17. The third-order valence-electron chi connectivity index (χ3n) is 3.73. The largest absolute Gasteiger partial charge is 0.490 e. The third-order valence-corrected chi connectivity index (χ3v) is 3.73. The van der Waals surface area contributed by atoms with Crippen molar-refractivity contribution in [2.75, 3.05) is 18.5 Å². The lowest BCUT2D eigenvalue weighted by molar-refractivity contribution is 0.102. The molecule has 0 heterocycles. The molecule has 4 nitrogen and oxygen atoms in total. The molecule has 0 aliphatic carbocycles. The van der Waals surface area contributed by atoms with Crippen molar-refractivity contribution in [1.82, 2.24) is 0 Å². The van der Waals surface area contributed by atoms with Crippen molar-refractivity contribution in [1.29, 1.82) is 0 Å². The standard InChI is InChI=1S/C20H25NO3/c1-5-11-24-18-10-8-16(13-19(18)23-6-2)20(22)21-17-9-7-14(3)15(4)12-17/h7-10,12-13H,5-6,11H2,1-4H3,(H,21,22). The van der Waals surface area contributed by atoms with Gasteiger partial charge in [-0.2, -0.15) is 0 Å². The highest BCUT2D eigenvalue weighted by Gasteiger charge is 2.12. The Morgan fingerprint density at radius 2 is 1.75 bits per heavy atom. The van der Waals surface area contributed by atoms with Crippen molar-refractivity contribution in [3.8, 4) is 11.5 Å². The van der Waals surface area contributed by atoms with Gasteiger partial charge < -0.3 is 14.8 Å². The first-order valence-corrected chi connectivity index (χ1v) is 8.33. The molecule has 0 unspecified atom stereocenters.